The number of ether oxygens (including phenoxy) is 6. The van der Waals surface area contributed by atoms with Gasteiger partial charge in [-0.15, -0.1) is 0 Å². The fourth-order valence-corrected chi connectivity index (χ4v) is 5.62. The number of pyridine rings is 1. The molecule has 2 aromatic carbocycles. The van der Waals surface area contributed by atoms with Crippen LogP contribution in [0, 0.1) is 0 Å². The Morgan fingerprint density at radius 1 is 1.02 bits per heavy atom. The van der Waals surface area contributed by atoms with Crippen molar-refractivity contribution in [1.82, 2.24) is 15.0 Å². The van der Waals surface area contributed by atoms with Crippen molar-refractivity contribution < 1.29 is 36.8 Å². The van der Waals surface area contributed by atoms with Crippen LogP contribution in [-0.4, -0.2) is 56.6 Å². The lowest BCUT2D eigenvalue weighted by atomic mass is 10.1. The third-order valence-electron chi connectivity index (χ3n) is 7.11. The van der Waals surface area contributed by atoms with Gasteiger partial charge in [0.15, 0.2) is 39.7 Å². The van der Waals surface area contributed by atoms with Crippen molar-refractivity contribution in [3.05, 3.63) is 66.4 Å². The van der Waals surface area contributed by atoms with Gasteiger partial charge in [-0.3, -0.25) is 4.72 Å². The van der Waals surface area contributed by atoms with Gasteiger partial charge in [0.1, 0.15) is 6.61 Å². The van der Waals surface area contributed by atoms with Gasteiger partial charge in [-0.1, -0.05) is 32.0 Å². The Balaban J connectivity index is 1.47. The van der Waals surface area contributed by atoms with E-state index in [0.29, 0.717) is 35.2 Å². The Kier molecular flexibility index (Phi) is 8.40. The van der Waals surface area contributed by atoms with E-state index >= 15 is 0 Å². The first kappa shape index (κ1) is 29.5. The summed E-state index contributed by atoms with van der Waals surface area (Å²) < 4.78 is 64.6. The maximum Gasteiger partial charge on any atom is 0.280 e. The SMILES string of the molecule is COc1ccccc1Oc1c(NS(=O)(=O)c2ccc(C(C)C)cn2)nc(-c2ccc3c(c2)OCO3)nc1OCC1CCCO1. The second-order valence-corrected chi connectivity index (χ2v) is 12.1. The highest BCUT2D eigenvalue weighted by molar-refractivity contribution is 7.92. The zero-order valence-corrected chi connectivity index (χ0v) is 25.3. The van der Waals surface area contributed by atoms with Crippen molar-refractivity contribution in [2.45, 2.75) is 43.7 Å². The molecule has 4 heterocycles. The van der Waals surface area contributed by atoms with Crippen molar-refractivity contribution in [2.75, 3.05) is 31.8 Å². The van der Waals surface area contributed by atoms with E-state index in [4.69, 9.17) is 28.4 Å². The van der Waals surface area contributed by atoms with Crippen LogP contribution in [-0.2, 0) is 14.8 Å². The highest BCUT2D eigenvalue weighted by Crippen LogP contribution is 2.43. The Bertz CT molecular complexity index is 1740. The summed E-state index contributed by atoms with van der Waals surface area (Å²) in [6, 6.07) is 15.3. The quantitative estimate of drug-likeness (QED) is 0.226. The fraction of sp³-hybridized carbons (Fsp3) is 0.323. The van der Waals surface area contributed by atoms with Crippen molar-refractivity contribution in [3.63, 3.8) is 0 Å². The van der Waals surface area contributed by atoms with Crippen LogP contribution in [0.4, 0.5) is 5.82 Å². The summed E-state index contributed by atoms with van der Waals surface area (Å²) in [6.07, 6.45) is 3.13. The first-order valence-electron chi connectivity index (χ1n) is 14.2. The Morgan fingerprint density at radius 3 is 2.57 bits per heavy atom. The van der Waals surface area contributed by atoms with Crippen LogP contribution < -0.4 is 28.4 Å². The lowest BCUT2D eigenvalue weighted by Crippen LogP contribution is -2.19. The van der Waals surface area contributed by atoms with E-state index in [9.17, 15) is 8.42 Å². The van der Waals surface area contributed by atoms with Gasteiger partial charge >= 0.3 is 0 Å². The number of methoxy groups -OCH3 is 1. The number of sulfonamides is 1. The molecule has 12 nitrogen and oxygen atoms in total. The van der Waals surface area contributed by atoms with E-state index in [1.165, 1.54) is 13.2 Å². The minimum atomic E-state index is -4.23. The van der Waals surface area contributed by atoms with Gasteiger partial charge in [0.2, 0.25) is 12.5 Å². The van der Waals surface area contributed by atoms with E-state index in [0.717, 1.165) is 18.4 Å². The summed E-state index contributed by atoms with van der Waals surface area (Å²) in [5.41, 5.74) is 1.45. The number of benzene rings is 2. The molecule has 0 bridgehead atoms. The number of anilines is 1. The van der Waals surface area contributed by atoms with Gasteiger partial charge in [0.25, 0.3) is 15.9 Å². The largest absolute Gasteiger partial charge is 0.493 e. The normalized spacial score (nSPS) is 15.8. The van der Waals surface area contributed by atoms with Gasteiger partial charge in [-0.2, -0.15) is 13.4 Å². The third-order valence-corrected chi connectivity index (χ3v) is 8.36. The predicted octanol–water partition coefficient (Wildman–Crippen LogP) is 5.55. The van der Waals surface area contributed by atoms with Crippen molar-refractivity contribution in [3.8, 4) is 46.0 Å². The van der Waals surface area contributed by atoms with E-state index in [1.54, 1.807) is 54.7 Å². The molecule has 1 N–H and O–H groups in total. The molecule has 2 aliphatic rings. The minimum absolute atomic E-state index is 0.00916. The molecule has 230 valence electrons. The number of hydrogen-bond donors (Lipinski definition) is 1. The van der Waals surface area contributed by atoms with Gasteiger partial charge in [-0.05, 0) is 60.7 Å². The number of rotatable bonds is 11. The monoisotopic (exact) mass is 620 g/mol. The molecule has 13 heteroatoms. The van der Waals surface area contributed by atoms with E-state index in [2.05, 4.69) is 19.7 Å². The lowest BCUT2D eigenvalue weighted by Gasteiger charge is -2.19. The topological polar surface area (TPSA) is 140 Å². The number of fused-ring (bicyclic) bond motifs is 1. The summed E-state index contributed by atoms with van der Waals surface area (Å²) >= 11 is 0. The molecule has 0 aliphatic carbocycles. The summed E-state index contributed by atoms with van der Waals surface area (Å²) in [7, 11) is -2.72. The standard InChI is InChI=1S/C31H32N4O8S/c1-19(2)21-11-13-27(32-16-21)44(36,37)35-30-28(43-25-9-5-4-8-23(25)38-3)31(40-17-22-7-6-14-39-22)34-29(33-30)20-10-12-24-26(15-20)42-18-41-24/h4-5,8-13,15-16,19,22H,6-7,14,17-18H2,1-3H3,(H,33,34,35). The molecule has 1 fully saturated rings. The average molecular weight is 621 g/mol. The second-order valence-electron chi connectivity index (χ2n) is 10.5. The van der Waals surface area contributed by atoms with Crippen molar-refractivity contribution in [1.29, 1.82) is 0 Å². The molecule has 44 heavy (non-hydrogen) atoms. The van der Waals surface area contributed by atoms with Crippen molar-refractivity contribution >= 4 is 15.8 Å². The number of para-hydroxylation sites is 2. The van der Waals surface area contributed by atoms with E-state index in [-0.39, 0.29) is 53.7 Å². The first-order valence-corrected chi connectivity index (χ1v) is 15.6. The van der Waals surface area contributed by atoms with Crippen LogP contribution in [0.5, 0.6) is 34.6 Å². The summed E-state index contributed by atoms with van der Waals surface area (Å²) in [4.78, 5) is 13.5. The van der Waals surface area contributed by atoms with Crippen LogP contribution in [0.1, 0.15) is 38.2 Å². The molecule has 2 aromatic heterocycles. The smallest absolute Gasteiger partial charge is 0.280 e. The lowest BCUT2D eigenvalue weighted by molar-refractivity contribution is 0.0654. The predicted molar refractivity (Wildman–Crippen MR) is 160 cm³/mol. The van der Waals surface area contributed by atoms with Crippen LogP contribution in [0.2, 0.25) is 0 Å². The van der Waals surface area contributed by atoms with E-state index in [1.807, 2.05) is 13.8 Å². The second kappa shape index (κ2) is 12.5. The van der Waals surface area contributed by atoms with Gasteiger partial charge in [0, 0.05) is 18.4 Å². The van der Waals surface area contributed by atoms with Crippen LogP contribution in [0.15, 0.2) is 65.8 Å². The fourth-order valence-electron chi connectivity index (χ4n) is 4.69. The molecule has 0 saturated carbocycles. The molecule has 4 aromatic rings. The average Bonchev–Trinajstić information content (AvgIpc) is 3.73. The highest BCUT2D eigenvalue weighted by Gasteiger charge is 2.28. The molecule has 0 spiro atoms. The van der Waals surface area contributed by atoms with Crippen molar-refractivity contribution in [2.24, 2.45) is 0 Å². The number of hydrogen-bond acceptors (Lipinski definition) is 11. The number of nitrogens with one attached hydrogen (secondary N) is 1. The number of aromatic nitrogens is 3. The van der Waals surface area contributed by atoms with Gasteiger partial charge in [-0.25, -0.2) is 9.97 Å². The summed E-state index contributed by atoms with van der Waals surface area (Å²) in [5, 5.41) is -0.185. The van der Waals surface area contributed by atoms with Crippen LogP contribution in [0.25, 0.3) is 11.4 Å². The van der Waals surface area contributed by atoms with Gasteiger partial charge in [0.05, 0.1) is 13.2 Å². The van der Waals surface area contributed by atoms with Crippen LogP contribution in [0.3, 0.4) is 0 Å². The number of nitrogens with zero attached hydrogens (tertiary/aromatic N) is 3. The first-order chi connectivity index (χ1) is 21.3. The highest BCUT2D eigenvalue weighted by atomic mass is 32.2. The molecule has 6 rings (SSSR count). The molecule has 0 radical (unpaired) electrons. The molecule has 1 atom stereocenters. The van der Waals surface area contributed by atoms with Crippen LogP contribution >= 0.6 is 0 Å². The Morgan fingerprint density at radius 2 is 1.84 bits per heavy atom. The zero-order chi connectivity index (χ0) is 30.7. The molecule has 1 saturated heterocycles. The Hall–Kier alpha value is -4.62. The Labute approximate surface area is 255 Å². The minimum Gasteiger partial charge on any atom is -0.493 e. The molecule has 0 amide bonds. The molecule has 1 unspecified atom stereocenters. The summed E-state index contributed by atoms with van der Waals surface area (Å²) in [6.45, 7) is 4.90. The maximum absolute atomic E-state index is 13.7. The zero-order valence-electron chi connectivity index (χ0n) is 24.5. The summed E-state index contributed by atoms with van der Waals surface area (Å²) in [5.74, 6) is 1.95. The molecule has 2 aliphatic heterocycles. The third kappa shape index (κ3) is 6.33. The van der Waals surface area contributed by atoms with Gasteiger partial charge < -0.3 is 28.4 Å². The molecular formula is C31H32N4O8S. The molecular weight excluding hydrogens is 588 g/mol. The maximum atomic E-state index is 13.7. The van der Waals surface area contributed by atoms with E-state index < -0.39 is 10.0 Å².